The van der Waals surface area contributed by atoms with Crippen molar-refractivity contribution in [1.29, 1.82) is 0 Å². The molecule has 9 heteroatoms. The number of likely N-dealkylation sites (N-methyl/N-ethyl adjacent to an activating group) is 1. The van der Waals surface area contributed by atoms with Gasteiger partial charge < -0.3 is 19.5 Å². The van der Waals surface area contributed by atoms with Gasteiger partial charge in [-0.15, -0.1) is 0 Å². The maximum absolute atomic E-state index is 12.8. The second kappa shape index (κ2) is 9.22. The Kier molecular flexibility index (Phi) is 6.65. The second-order valence-corrected chi connectivity index (χ2v) is 7.11. The first-order valence-corrected chi connectivity index (χ1v) is 9.42. The molecule has 1 unspecified atom stereocenters. The van der Waals surface area contributed by atoms with E-state index in [0.29, 0.717) is 17.1 Å². The molecule has 1 heterocycles. The predicted octanol–water partition coefficient (Wildman–Crippen LogP) is 4.40. The van der Waals surface area contributed by atoms with Crippen LogP contribution >= 0.6 is 0 Å². The van der Waals surface area contributed by atoms with Gasteiger partial charge in [0.05, 0.1) is 18.7 Å². The average Bonchev–Trinajstić information content (AvgIpc) is 3.24. The zero-order valence-electron chi connectivity index (χ0n) is 17.2. The topological polar surface area (TPSA) is 67.6 Å². The lowest BCUT2D eigenvalue weighted by Gasteiger charge is -2.25. The van der Waals surface area contributed by atoms with E-state index in [0.717, 1.165) is 17.7 Å². The lowest BCUT2D eigenvalue weighted by Crippen LogP contribution is -2.34. The van der Waals surface area contributed by atoms with Gasteiger partial charge in [0, 0.05) is 18.2 Å². The van der Waals surface area contributed by atoms with E-state index in [-0.39, 0.29) is 18.3 Å². The molecule has 1 atom stereocenters. The second-order valence-electron chi connectivity index (χ2n) is 7.11. The molecule has 1 aromatic heterocycles. The highest BCUT2D eigenvalue weighted by Gasteiger charge is 2.30. The number of halogens is 3. The number of amides is 1. The summed E-state index contributed by atoms with van der Waals surface area (Å²) in [6.45, 7) is 0.182. The van der Waals surface area contributed by atoms with Crippen molar-refractivity contribution >= 4 is 5.91 Å². The molecule has 0 saturated heterocycles. The third-order valence-electron chi connectivity index (χ3n) is 4.82. The van der Waals surface area contributed by atoms with Crippen LogP contribution in [0.5, 0.6) is 5.75 Å². The van der Waals surface area contributed by atoms with Crippen molar-refractivity contribution in [2.24, 2.45) is 0 Å². The van der Waals surface area contributed by atoms with Crippen LogP contribution in [0.15, 0.2) is 59.1 Å². The van der Waals surface area contributed by atoms with Crippen LogP contribution < -0.4 is 10.1 Å². The smallest absolute Gasteiger partial charge is 0.416 e. The fourth-order valence-corrected chi connectivity index (χ4v) is 3.05. The van der Waals surface area contributed by atoms with Crippen LogP contribution in [0.2, 0.25) is 0 Å². The van der Waals surface area contributed by atoms with Gasteiger partial charge in [-0.1, -0.05) is 17.3 Å². The summed E-state index contributed by atoms with van der Waals surface area (Å²) < 4.78 is 48.8. The van der Waals surface area contributed by atoms with Gasteiger partial charge in [0.25, 0.3) is 5.91 Å². The molecule has 0 fully saturated rings. The van der Waals surface area contributed by atoms with Crippen LogP contribution in [0.25, 0.3) is 11.3 Å². The number of alkyl halides is 3. The lowest BCUT2D eigenvalue weighted by molar-refractivity contribution is -0.137. The van der Waals surface area contributed by atoms with Crippen molar-refractivity contribution in [1.82, 2.24) is 15.4 Å². The van der Waals surface area contributed by atoms with Crippen LogP contribution in [0.3, 0.4) is 0 Å². The molecular formula is C22H22F3N3O3. The summed E-state index contributed by atoms with van der Waals surface area (Å²) in [6.07, 6.45) is -4.39. The normalized spacial score (nSPS) is 12.6. The number of carbonyl (C=O) groups is 1. The number of aromatic nitrogens is 1. The van der Waals surface area contributed by atoms with Gasteiger partial charge in [0.2, 0.25) is 0 Å². The number of carbonyl (C=O) groups excluding carboxylic acids is 1. The van der Waals surface area contributed by atoms with Crippen molar-refractivity contribution in [2.75, 3.05) is 27.7 Å². The van der Waals surface area contributed by atoms with Gasteiger partial charge >= 0.3 is 6.18 Å². The van der Waals surface area contributed by atoms with E-state index in [2.05, 4.69) is 10.5 Å². The summed E-state index contributed by atoms with van der Waals surface area (Å²) in [7, 11) is 5.14. The Balaban J connectivity index is 1.67. The maximum atomic E-state index is 12.8. The molecule has 3 rings (SSSR count). The maximum Gasteiger partial charge on any atom is 0.416 e. The quantitative estimate of drug-likeness (QED) is 0.598. The van der Waals surface area contributed by atoms with E-state index >= 15 is 0 Å². The Hall–Kier alpha value is -3.33. The molecule has 0 saturated carbocycles. The summed E-state index contributed by atoms with van der Waals surface area (Å²) in [5, 5.41) is 6.57. The van der Waals surface area contributed by atoms with Gasteiger partial charge in [0.15, 0.2) is 11.5 Å². The predicted molar refractivity (Wildman–Crippen MR) is 109 cm³/mol. The SMILES string of the molecule is COc1ccc(-c2cc(C(=O)NCC(c3ccc(C(F)(F)F)cc3)N(C)C)no2)cc1. The molecule has 3 aromatic rings. The molecule has 31 heavy (non-hydrogen) atoms. The third-order valence-corrected chi connectivity index (χ3v) is 4.82. The number of hydrogen-bond acceptors (Lipinski definition) is 5. The molecule has 2 aromatic carbocycles. The number of ether oxygens (including phenoxy) is 1. The molecule has 1 N–H and O–H groups in total. The molecule has 0 aliphatic rings. The minimum Gasteiger partial charge on any atom is -0.497 e. The van der Waals surface area contributed by atoms with Gasteiger partial charge in [-0.3, -0.25) is 4.79 Å². The Morgan fingerprint density at radius 1 is 1.13 bits per heavy atom. The van der Waals surface area contributed by atoms with Crippen molar-refractivity contribution in [3.63, 3.8) is 0 Å². The average molecular weight is 433 g/mol. The molecule has 0 spiro atoms. The molecule has 1 amide bonds. The number of nitrogens with zero attached hydrogens (tertiary/aromatic N) is 2. The first-order valence-electron chi connectivity index (χ1n) is 9.42. The van der Waals surface area contributed by atoms with Gasteiger partial charge in [0.1, 0.15) is 5.75 Å². The van der Waals surface area contributed by atoms with E-state index in [1.807, 2.05) is 4.90 Å². The summed E-state index contributed by atoms with van der Waals surface area (Å²) in [6, 6.07) is 13.2. The molecule has 164 valence electrons. The fraction of sp³-hybridized carbons (Fsp3) is 0.273. The number of nitrogens with one attached hydrogen (secondary N) is 1. The van der Waals surface area contributed by atoms with Gasteiger partial charge in [-0.05, 0) is 56.1 Å². The third kappa shape index (κ3) is 5.43. The summed E-state index contributed by atoms with van der Waals surface area (Å²) in [4.78, 5) is 14.3. The minimum atomic E-state index is -4.39. The van der Waals surface area contributed by atoms with Crippen LogP contribution in [0.1, 0.15) is 27.7 Å². The van der Waals surface area contributed by atoms with Gasteiger partial charge in [-0.2, -0.15) is 13.2 Å². The van der Waals surface area contributed by atoms with E-state index in [9.17, 15) is 18.0 Å². The number of rotatable bonds is 7. The molecule has 0 aliphatic carbocycles. The van der Waals surface area contributed by atoms with E-state index in [4.69, 9.17) is 9.26 Å². The van der Waals surface area contributed by atoms with Gasteiger partial charge in [-0.25, -0.2) is 0 Å². The Morgan fingerprint density at radius 3 is 2.32 bits per heavy atom. The zero-order valence-corrected chi connectivity index (χ0v) is 17.2. The van der Waals surface area contributed by atoms with Crippen molar-refractivity contribution in [3.8, 4) is 17.1 Å². The van der Waals surface area contributed by atoms with Crippen molar-refractivity contribution in [3.05, 3.63) is 71.4 Å². The zero-order chi connectivity index (χ0) is 22.6. The first kappa shape index (κ1) is 22.4. The van der Waals surface area contributed by atoms with Crippen LogP contribution in [-0.4, -0.2) is 43.7 Å². The highest BCUT2D eigenvalue weighted by atomic mass is 19.4. The number of benzene rings is 2. The number of methoxy groups -OCH3 is 1. The largest absolute Gasteiger partial charge is 0.497 e. The highest BCUT2D eigenvalue weighted by Crippen LogP contribution is 2.30. The molecule has 0 radical (unpaired) electrons. The van der Waals surface area contributed by atoms with E-state index < -0.39 is 17.6 Å². The molecular weight excluding hydrogens is 411 g/mol. The monoisotopic (exact) mass is 433 g/mol. The van der Waals surface area contributed by atoms with E-state index in [1.165, 1.54) is 18.2 Å². The minimum absolute atomic E-state index is 0.107. The lowest BCUT2D eigenvalue weighted by atomic mass is 10.0. The van der Waals surface area contributed by atoms with Crippen molar-refractivity contribution in [2.45, 2.75) is 12.2 Å². The van der Waals surface area contributed by atoms with Crippen LogP contribution in [0.4, 0.5) is 13.2 Å². The number of hydrogen-bond donors (Lipinski definition) is 1. The summed E-state index contributed by atoms with van der Waals surface area (Å²) in [5.41, 5.74) is 0.780. The van der Waals surface area contributed by atoms with Crippen LogP contribution in [-0.2, 0) is 6.18 Å². The van der Waals surface area contributed by atoms with Crippen LogP contribution in [0, 0.1) is 0 Å². The molecule has 6 nitrogen and oxygen atoms in total. The first-order chi connectivity index (χ1) is 14.7. The Labute approximate surface area is 177 Å². The summed E-state index contributed by atoms with van der Waals surface area (Å²) in [5.74, 6) is 0.682. The fourth-order valence-electron chi connectivity index (χ4n) is 3.05. The van der Waals surface area contributed by atoms with E-state index in [1.54, 1.807) is 45.5 Å². The van der Waals surface area contributed by atoms with Crippen molar-refractivity contribution < 1.29 is 27.2 Å². The highest BCUT2D eigenvalue weighted by molar-refractivity contribution is 5.93. The molecule has 0 aliphatic heterocycles. The summed E-state index contributed by atoms with van der Waals surface area (Å²) >= 11 is 0. The Bertz CT molecular complexity index is 1010. The standard InChI is InChI=1S/C22H22F3N3O3/c1-28(2)19(14-4-8-16(9-5-14)22(23,24)25)13-26-21(29)18-12-20(31-27-18)15-6-10-17(30-3)11-7-15/h4-12,19H,13H2,1-3H3,(H,26,29). The molecule has 0 bridgehead atoms. The Morgan fingerprint density at radius 2 is 1.77 bits per heavy atom.